The molecule has 26 heavy (non-hydrogen) atoms. The van der Waals surface area contributed by atoms with Gasteiger partial charge >= 0.3 is 9.28 Å². The van der Waals surface area contributed by atoms with Crippen molar-refractivity contribution in [1.82, 2.24) is 0 Å². The van der Waals surface area contributed by atoms with Gasteiger partial charge < -0.3 is 13.3 Å². The molecule has 4 nitrogen and oxygen atoms in total. The third-order valence-corrected chi connectivity index (χ3v) is 15.9. The fourth-order valence-electron chi connectivity index (χ4n) is 6.48. The zero-order valence-electron chi connectivity index (χ0n) is 18.2. The number of hydrogen-bond acceptors (Lipinski definition) is 4. The van der Waals surface area contributed by atoms with Gasteiger partial charge in [-0.3, -0.25) is 4.79 Å². The van der Waals surface area contributed by atoms with Crippen LogP contribution in [-0.2, 0) is 18.1 Å². The summed E-state index contributed by atoms with van der Waals surface area (Å²) in [6, 6.07) is 0. The molecule has 2 fully saturated rings. The van der Waals surface area contributed by atoms with Crippen molar-refractivity contribution in [2.75, 3.05) is 14.2 Å². The van der Waals surface area contributed by atoms with Crippen LogP contribution in [0.5, 0.6) is 0 Å². The van der Waals surface area contributed by atoms with Crippen LogP contribution in [0.3, 0.4) is 0 Å². The fourth-order valence-corrected chi connectivity index (χ4v) is 14.1. The Balaban J connectivity index is 2.36. The first-order valence-electron chi connectivity index (χ1n) is 10.3. The Kier molecular flexibility index (Phi) is 6.85. The van der Waals surface area contributed by atoms with Crippen LogP contribution in [0.4, 0.5) is 0 Å². The van der Waals surface area contributed by atoms with Gasteiger partial charge in [0.05, 0.1) is 5.92 Å². The molecule has 0 saturated heterocycles. The maximum atomic E-state index is 13.6. The normalized spacial score (nSPS) is 31.7. The summed E-state index contributed by atoms with van der Waals surface area (Å²) in [6.45, 7) is 15.7. The minimum Gasteiger partial charge on any atom is -0.518 e. The second-order valence-electron chi connectivity index (χ2n) is 9.47. The van der Waals surface area contributed by atoms with Gasteiger partial charge in [-0.05, 0) is 47.7 Å². The molecular weight excluding hydrogens is 360 g/mol. The smallest absolute Gasteiger partial charge is 0.392 e. The molecule has 2 rings (SSSR count). The molecule has 0 aromatic carbocycles. The van der Waals surface area contributed by atoms with E-state index in [2.05, 4.69) is 48.5 Å². The monoisotopic (exact) mass is 399 g/mol. The lowest BCUT2D eigenvalue weighted by molar-refractivity contribution is -0.142. The molecule has 0 aromatic heterocycles. The highest BCUT2D eigenvalue weighted by Crippen LogP contribution is 2.68. The molecule has 0 amide bonds. The Hall–Kier alpha value is -0.176. The summed E-state index contributed by atoms with van der Waals surface area (Å²) in [5.41, 5.74) is 1.23. The average molecular weight is 400 g/mol. The Labute approximate surface area is 163 Å². The molecule has 0 aromatic rings. The van der Waals surface area contributed by atoms with Gasteiger partial charge in [0.25, 0.3) is 14.3 Å². The second-order valence-corrected chi connectivity index (χ2v) is 17.2. The molecule has 2 saturated carbocycles. The van der Waals surface area contributed by atoms with Crippen LogP contribution < -0.4 is 0 Å². The molecular formula is C20H39O4Si2. The second kappa shape index (κ2) is 8.05. The number of fused-ring (bicyclic) bond motifs is 2. The standard InChI is InChI=1S/C20H39O4Si2/c1-13(2)26(14(3)4,15(5)6)24-19(21)18-11-17-10-16(7)20(18,12-17)25(22-8)23-9/h13-18H,10-12H2,1-9H3. The van der Waals surface area contributed by atoms with E-state index in [0.29, 0.717) is 28.5 Å². The van der Waals surface area contributed by atoms with Crippen molar-refractivity contribution in [3.63, 3.8) is 0 Å². The highest BCUT2D eigenvalue weighted by molar-refractivity contribution is 6.79. The first kappa shape index (κ1) is 22.1. The van der Waals surface area contributed by atoms with E-state index in [9.17, 15) is 4.79 Å². The van der Waals surface area contributed by atoms with Crippen LogP contribution in [0.25, 0.3) is 0 Å². The summed E-state index contributed by atoms with van der Waals surface area (Å²) in [6.07, 6.45) is 3.19. The first-order chi connectivity index (χ1) is 12.1. The number of carbonyl (C=O) groups excluding carboxylic acids is 1. The number of carbonyl (C=O) groups is 1. The average Bonchev–Trinajstić information content (AvgIpc) is 3.07. The summed E-state index contributed by atoms with van der Waals surface area (Å²) < 4.78 is 18.2. The molecule has 0 aliphatic heterocycles. The minimum atomic E-state index is -2.22. The van der Waals surface area contributed by atoms with E-state index in [1.807, 2.05) is 0 Å². The topological polar surface area (TPSA) is 44.8 Å². The highest BCUT2D eigenvalue weighted by atomic mass is 28.4. The van der Waals surface area contributed by atoms with E-state index in [-0.39, 0.29) is 16.9 Å². The molecule has 2 aliphatic carbocycles. The molecule has 0 spiro atoms. The Bertz CT molecular complexity index is 482. The summed E-state index contributed by atoms with van der Waals surface area (Å²) >= 11 is 0. The van der Waals surface area contributed by atoms with Crippen molar-refractivity contribution in [3.05, 3.63) is 0 Å². The molecule has 0 heterocycles. The summed E-state index contributed by atoms with van der Waals surface area (Å²) in [5.74, 6) is 1.05. The summed E-state index contributed by atoms with van der Waals surface area (Å²) in [5, 5.41) is -0.138. The Morgan fingerprint density at radius 1 is 1.00 bits per heavy atom. The first-order valence-corrected chi connectivity index (χ1v) is 13.7. The van der Waals surface area contributed by atoms with Crippen molar-refractivity contribution in [1.29, 1.82) is 0 Å². The molecule has 2 bridgehead atoms. The van der Waals surface area contributed by atoms with Gasteiger partial charge in [-0.1, -0.05) is 48.5 Å². The van der Waals surface area contributed by atoms with Gasteiger partial charge in [0.2, 0.25) is 0 Å². The third-order valence-electron chi connectivity index (χ3n) is 7.40. The van der Waals surface area contributed by atoms with Crippen molar-refractivity contribution in [3.8, 4) is 0 Å². The summed E-state index contributed by atoms with van der Waals surface area (Å²) in [7, 11) is -0.249. The third kappa shape index (κ3) is 3.25. The van der Waals surface area contributed by atoms with Gasteiger partial charge in [-0.2, -0.15) is 0 Å². The van der Waals surface area contributed by atoms with E-state index in [1.165, 1.54) is 6.42 Å². The van der Waals surface area contributed by atoms with Gasteiger partial charge in [-0.25, -0.2) is 0 Å². The quantitative estimate of drug-likeness (QED) is 0.520. The predicted molar refractivity (Wildman–Crippen MR) is 110 cm³/mol. The van der Waals surface area contributed by atoms with E-state index in [1.54, 1.807) is 14.2 Å². The van der Waals surface area contributed by atoms with Crippen LogP contribution in [0.1, 0.15) is 67.7 Å². The molecule has 2 aliphatic rings. The maximum absolute atomic E-state index is 13.6. The lowest BCUT2D eigenvalue weighted by Crippen LogP contribution is -2.53. The number of rotatable bonds is 8. The highest BCUT2D eigenvalue weighted by Gasteiger charge is 2.66. The molecule has 6 heteroatoms. The van der Waals surface area contributed by atoms with Crippen molar-refractivity contribution in [2.24, 2.45) is 17.8 Å². The SMILES string of the molecule is CO[Si](OC)C12CC(CC1C)CC2C(=O)O[Si](C(C)C)(C(C)C)C(C)C. The lowest BCUT2D eigenvalue weighted by atomic mass is 9.80. The largest absolute Gasteiger partial charge is 0.518 e. The van der Waals surface area contributed by atoms with E-state index < -0.39 is 17.6 Å². The van der Waals surface area contributed by atoms with Crippen molar-refractivity contribution >= 4 is 23.6 Å². The molecule has 151 valence electrons. The minimum absolute atomic E-state index is 0.0402. The molecule has 1 radical (unpaired) electrons. The summed E-state index contributed by atoms with van der Waals surface area (Å²) in [4.78, 5) is 13.6. The van der Waals surface area contributed by atoms with E-state index in [4.69, 9.17) is 13.3 Å². The van der Waals surface area contributed by atoms with Gasteiger partial charge in [0, 0.05) is 19.3 Å². The van der Waals surface area contributed by atoms with Crippen molar-refractivity contribution in [2.45, 2.75) is 89.4 Å². The van der Waals surface area contributed by atoms with Gasteiger partial charge in [0.1, 0.15) is 0 Å². The fraction of sp³-hybridized carbons (Fsp3) is 0.950. The molecule has 4 unspecified atom stereocenters. The maximum Gasteiger partial charge on any atom is 0.392 e. The van der Waals surface area contributed by atoms with Crippen LogP contribution in [0.2, 0.25) is 21.7 Å². The van der Waals surface area contributed by atoms with Crippen LogP contribution in [0.15, 0.2) is 0 Å². The zero-order valence-corrected chi connectivity index (χ0v) is 20.2. The Morgan fingerprint density at radius 3 is 1.88 bits per heavy atom. The Morgan fingerprint density at radius 2 is 1.50 bits per heavy atom. The molecule has 0 N–H and O–H groups in total. The van der Waals surface area contributed by atoms with E-state index in [0.717, 1.165) is 12.8 Å². The number of hydrogen-bond donors (Lipinski definition) is 0. The predicted octanol–water partition coefficient (Wildman–Crippen LogP) is 5.29. The van der Waals surface area contributed by atoms with Gasteiger partial charge in [0.15, 0.2) is 0 Å². The van der Waals surface area contributed by atoms with Crippen molar-refractivity contribution < 1.29 is 18.1 Å². The van der Waals surface area contributed by atoms with E-state index >= 15 is 0 Å². The van der Waals surface area contributed by atoms with Gasteiger partial charge in [-0.15, -0.1) is 0 Å². The van der Waals surface area contributed by atoms with Crippen LogP contribution in [0, 0.1) is 17.8 Å². The van der Waals surface area contributed by atoms with Crippen LogP contribution >= 0.6 is 0 Å². The van der Waals surface area contributed by atoms with Crippen LogP contribution in [-0.4, -0.2) is 37.8 Å². The lowest BCUT2D eigenvalue weighted by Gasteiger charge is -2.45. The zero-order chi connectivity index (χ0) is 19.9. The molecule has 4 atom stereocenters.